The molecule has 0 amide bonds. The van der Waals surface area contributed by atoms with Gasteiger partial charge in [0.05, 0.1) is 25.4 Å². The molecule has 0 spiro atoms. The summed E-state index contributed by atoms with van der Waals surface area (Å²) in [6.07, 6.45) is 0.597. The molecule has 3 unspecified atom stereocenters. The number of hydrogen-bond donors (Lipinski definition) is 2. The molecule has 7 heteroatoms. The van der Waals surface area contributed by atoms with Gasteiger partial charge in [-0.25, -0.2) is 4.79 Å². The van der Waals surface area contributed by atoms with Crippen LogP contribution < -0.4 is 14.8 Å². The van der Waals surface area contributed by atoms with Gasteiger partial charge in [0, 0.05) is 18.0 Å². The molecule has 204 valence electrons. The van der Waals surface area contributed by atoms with Crippen LogP contribution in [0.4, 0.5) is 0 Å². The van der Waals surface area contributed by atoms with Crippen molar-refractivity contribution >= 4 is 29.1 Å². The number of carboxylic acid groups (broad SMARTS) is 1. The topological polar surface area (TPSA) is 77.0 Å². The lowest BCUT2D eigenvalue weighted by Crippen LogP contribution is -2.40. The van der Waals surface area contributed by atoms with Gasteiger partial charge in [0.25, 0.3) is 0 Å². The average Bonchev–Trinajstić information content (AvgIpc) is 2.96. The molecule has 0 radical (unpaired) electrons. The third kappa shape index (κ3) is 6.71. The molecule has 2 N–H and O–H groups in total. The van der Waals surface area contributed by atoms with Crippen LogP contribution in [0, 0.1) is 0 Å². The standard InChI is InChI=1S/C32H33NO5.ClH/c1-21(30-18-27(36-2)13-14-29(30)32(34)35)38-26-11-9-24(10-12-26)28-15-16-33-19-31(28)37-20-22-7-8-23-5-3-4-6-25(23)17-22;/h3-14,17-18,21,28,31,33H,15-16,19-20H2,1-2H3,(H,34,35);1H. The molecule has 4 aromatic carbocycles. The summed E-state index contributed by atoms with van der Waals surface area (Å²) >= 11 is 0. The molecule has 0 saturated carbocycles. The molecule has 6 nitrogen and oxygen atoms in total. The predicted molar refractivity (Wildman–Crippen MR) is 155 cm³/mol. The van der Waals surface area contributed by atoms with E-state index in [4.69, 9.17) is 14.2 Å². The number of aromatic carboxylic acids is 1. The molecular weight excluding hydrogens is 514 g/mol. The van der Waals surface area contributed by atoms with Crippen molar-refractivity contribution < 1.29 is 24.1 Å². The van der Waals surface area contributed by atoms with E-state index in [1.165, 1.54) is 21.9 Å². The van der Waals surface area contributed by atoms with Gasteiger partial charge in [-0.3, -0.25) is 0 Å². The maximum atomic E-state index is 11.7. The first-order valence-electron chi connectivity index (χ1n) is 13.0. The second-order valence-corrected chi connectivity index (χ2v) is 9.72. The molecule has 3 atom stereocenters. The number of fused-ring (bicyclic) bond motifs is 1. The van der Waals surface area contributed by atoms with Gasteiger partial charge in [-0.05, 0) is 78.2 Å². The average molecular weight is 548 g/mol. The van der Waals surface area contributed by atoms with Gasteiger partial charge in [0.2, 0.25) is 0 Å². The van der Waals surface area contributed by atoms with E-state index >= 15 is 0 Å². The Morgan fingerprint density at radius 2 is 1.72 bits per heavy atom. The Bertz CT molecular complexity index is 1410. The number of carboxylic acids is 1. The van der Waals surface area contributed by atoms with Gasteiger partial charge in [-0.1, -0.05) is 48.5 Å². The zero-order valence-electron chi connectivity index (χ0n) is 22.1. The zero-order chi connectivity index (χ0) is 26.5. The second-order valence-electron chi connectivity index (χ2n) is 9.72. The highest BCUT2D eigenvalue weighted by atomic mass is 35.5. The van der Waals surface area contributed by atoms with Crippen molar-refractivity contribution in [3.8, 4) is 11.5 Å². The third-order valence-corrected chi connectivity index (χ3v) is 7.25. The monoisotopic (exact) mass is 547 g/mol. The summed E-state index contributed by atoms with van der Waals surface area (Å²) in [6.45, 7) is 4.17. The van der Waals surface area contributed by atoms with Crippen LogP contribution in [0.1, 0.15) is 52.4 Å². The first kappa shape index (κ1) is 28.4. The molecule has 0 bridgehead atoms. The highest BCUT2D eigenvalue weighted by molar-refractivity contribution is 5.89. The Morgan fingerprint density at radius 3 is 2.46 bits per heavy atom. The van der Waals surface area contributed by atoms with E-state index in [2.05, 4.69) is 59.9 Å². The van der Waals surface area contributed by atoms with Crippen molar-refractivity contribution in [2.24, 2.45) is 0 Å². The van der Waals surface area contributed by atoms with Crippen molar-refractivity contribution in [2.45, 2.75) is 38.1 Å². The Labute approximate surface area is 235 Å². The highest BCUT2D eigenvalue weighted by Gasteiger charge is 2.27. The van der Waals surface area contributed by atoms with Crippen LogP contribution in [-0.2, 0) is 11.3 Å². The van der Waals surface area contributed by atoms with Crippen LogP contribution >= 0.6 is 12.4 Å². The molecule has 1 heterocycles. The van der Waals surface area contributed by atoms with Gasteiger partial charge in [0.1, 0.15) is 17.6 Å². The smallest absolute Gasteiger partial charge is 0.336 e. The fourth-order valence-corrected chi connectivity index (χ4v) is 5.18. The van der Waals surface area contributed by atoms with E-state index < -0.39 is 12.1 Å². The zero-order valence-corrected chi connectivity index (χ0v) is 22.9. The lowest BCUT2D eigenvalue weighted by molar-refractivity contribution is 0.0106. The number of rotatable bonds is 9. The Hall–Kier alpha value is -3.58. The van der Waals surface area contributed by atoms with Crippen LogP contribution in [0.25, 0.3) is 10.8 Å². The van der Waals surface area contributed by atoms with E-state index in [0.29, 0.717) is 23.7 Å². The summed E-state index contributed by atoms with van der Waals surface area (Å²) in [6, 6.07) is 27.9. The minimum Gasteiger partial charge on any atom is -0.497 e. The number of piperidine rings is 1. The number of carbonyl (C=O) groups is 1. The van der Waals surface area contributed by atoms with Crippen molar-refractivity contribution in [3.63, 3.8) is 0 Å². The van der Waals surface area contributed by atoms with Crippen LogP contribution in [-0.4, -0.2) is 37.4 Å². The number of ether oxygens (including phenoxy) is 3. The van der Waals surface area contributed by atoms with E-state index in [-0.39, 0.29) is 30.0 Å². The summed E-state index contributed by atoms with van der Waals surface area (Å²) in [5.74, 6) is 0.564. The summed E-state index contributed by atoms with van der Waals surface area (Å²) < 4.78 is 17.9. The fraction of sp³-hybridized carbons (Fsp3) is 0.281. The van der Waals surface area contributed by atoms with Gasteiger partial charge in [-0.15, -0.1) is 12.4 Å². The van der Waals surface area contributed by atoms with Gasteiger partial charge in [-0.2, -0.15) is 0 Å². The van der Waals surface area contributed by atoms with E-state index in [1.54, 1.807) is 25.3 Å². The van der Waals surface area contributed by atoms with Crippen molar-refractivity contribution in [2.75, 3.05) is 20.2 Å². The van der Waals surface area contributed by atoms with E-state index in [1.807, 2.05) is 19.1 Å². The SMILES string of the molecule is COc1ccc(C(=O)O)c(C(C)Oc2ccc(C3CCNCC3OCc3ccc4ccccc4c3)cc2)c1.Cl. The Morgan fingerprint density at radius 1 is 0.974 bits per heavy atom. The highest BCUT2D eigenvalue weighted by Crippen LogP contribution is 2.32. The minimum atomic E-state index is -0.992. The van der Waals surface area contributed by atoms with Crippen molar-refractivity contribution in [1.29, 1.82) is 0 Å². The molecule has 1 aliphatic heterocycles. The largest absolute Gasteiger partial charge is 0.497 e. The quantitative estimate of drug-likeness (QED) is 0.241. The normalized spacial score (nSPS) is 17.7. The third-order valence-electron chi connectivity index (χ3n) is 7.25. The fourth-order valence-electron chi connectivity index (χ4n) is 5.18. The van der Waals surface area contributed by atoms with E-state index in [0.717, 1.165) is 19.5 Å². The number of hydrogen-bond acceptors (Lipinski definition) is 5. The lowest BCUT2D eigenvalue weighted by Gasteiger charge is -2.32. The predicted octanol–water partition coefficient (Wildman–Crippen LogP) is 6.77. The molecule has 39 heavy (non-hydrogen) atoms. The Kier molecular flexibility index (Phi) is 9.46. The first-order chi connectivity index (χ1) is 18.5. The summed E-state index contributed by atoms with van der Waals surface area (Å²) in [4.78, 5) is 11.7. The van der Waals surface area contributed by atoms with E-state index in [9.17, 15) is 9.90 Å². The molecule has 1 saturated heterocycles. The Balaban J connectivity index is 0.00000353. The molecule has 1 fully saturated rings. The van der Waals surface area contributed by atoms with Gasteiger partial charge >= 0.3 is 5.97 Å². The summed E-state index contributed by atoms with van der Waals surface area (Å²) in [5, 5.41) is 15.5. The number of halogens is 1. The van der Waals surface area contributed by atoms with Crippen LogP contribution in [0.15, 0.2) is 84.9 Å². The maximum absolute atomic E-state index is 11.7. The molecule has 4 aromatic rings. The van der Waals surface area contributed by atoms with Crippen LogP contribution in [0.5, 0.6) is 11.5 Å². The summed E-state index contributed by atoms with van der Waals surface area (Å²) in [5.41, 5.74) is 3.16. The minimum absolute atomic E-state index is 0. The van der Waals surface area contributed by atoms with Gasteiger partial charge < -0.3 is 24.6 Å². The second kappa shape index (κ2) is 13.0. The number of nitrogens with one attached hydrogen (secondary N) is 1. The number of benzene rings is 4. The molecule has 5 rings (SSSR count). The maximum Gasteiger partial charge on any atom is 0.336 e. The van der Waals surface area contributed by atoms with Crippen molar-refractivity contribution in [1.82, 2.24) is 5.32 Å². The van der Waals surface area contributed by atoms with Crippen LogP contribution in [0.2, 0.25) is 0 Å². The van der Waals surface area contributed by atoms with Crippen LogP contribution in [0.3, 0.4) is 0 Å². The summed E-state index contributed by atoms with van der Waals surface area (Å²) in [7, 11) is 1.56. The lowest BCUT2D eigenvalue weighted by atomic mass is 9.87. The molecule has 1 aliphatic rings. The molecular formula is C32H34ClNO5. The molecule has 0 aromatic heterocycles. The first-order valence-corrected chi connectivity index (χ1v) is 13.0. The van der Waals surface area contributed by atoms with Crippen molar-refractivity contribution in [3.05, 3.63) is 107 Å². The number of methoxy groups -OCH3 is 1. The molecule has 0 aliphatic carbocycles. The van der Waals surface area contributed by atoms with Gasteiger partial charge in [0.15, 0.2) is 0 Å².